The van der Waals surface area contributed by atoms with Crippen molar-refractivity contribution in [3.8, 4) is 11.1 Å². The molecule has 2 N–H and O–H groups in total. The summed E-state index contributed by atoms with van der Waals surface area (Å²) in [6, 6.07) is 7.23. The van der Waals surface area contributed by atoms with Crippen LogP contribution >= 0.6 is 0 Å². The Labute approximate surface area is 124 Å². The minimum Gasteiger partial charge on any atom is -0.464 e. The second-order valence-electron chi connectivity index (χ2n) is 4.89. The molecule has 112 valence electrons. The van der Waals surface area contributed by atoms with Crippen molar-refractivity contribution in [2.45, 2.75) is 32.7 Å². The zero-order valence-corrected chi connectivity index (χ0v) is 12.5. The molecule has 0 saturated carbocycles. The Morgan fingerprint density at radius 2 is 2.19 bits per heavy atom. The number of carbonyl (C=O) groups is 1. The van der Waals surface area contributed by atoms with E-state index in [4.69, 9.17) is 10.5 Å². The van der Waals surface area contributed by atoms with Crippen LogP contribution in [-0.2, 0) is 9.53 Å². The number of ether oxygens (including phenoxy) is 1. The van der Waals surface area contributed by atoms with Crippen molar-refractivity contribution in [2.24, 2.45) is 0 Å². The standard InChI is InChI=1S/C16H21N3O2/c1-3-6-15(16(20)21-4-2)19-11-13(10-18-19)12-7-5-8-14(17)9-12/h5,7-11,15H,3-4,6,17H2,1-2H3. The van der Waals surface area contributed by atoms with Gasteiger partial charge in [-0.05, 0) is 31.0 Å². The Morgan fingerprint density at radius 3 is 2.86 bits per heavy atom. The molecule has 0 aliphatic carbocycles. The highest BCUT2D eigenvalue weighted by atomic mass is 16.5. The Hall–Kier alpha value is -2.30. The number of anilines is 1. The lowest BCUT2D eigenvalue weighted by molar-refractivity contribution is -0.147. The number of nitrogens with zero attached hydrogens (tertiary/aromatic N) is 2. The van der Waals surface area contributed by atoms with E-state index >= 15 is 0 Å². The molecule has 0 radical (unpaired) electrons. The summed E-state index contributed by atoms with van der Waals surface area (Å²) < 4.78 is 6.81. The van der Waals surface area contributed by atoms with Crippen molar-refractivity contribution >= 4 is 11.7 Å². The maximum atomic E-state index is 12.0. The first-order valence-electron chi connectivity index (χ1n) is 7.22. The molecule has 0 bridgehead atoms. The first kappa shape index (κ1) is 15.1. The van der Waals surface area contributed by atoms with Crippen LogP contribution in [0.2, 0.25) is 0 Å². The second-order valence-corrected chi connectivity index (χ2v) is 4.89. The van der Waals surface area contributed by atoms with Crippen molar-refractivity contribution in [3.05, 3.63) is 36.7 Å². The molecule has 5 heteroatoms. The molecule has 1 aromatic carbocycles. The fourth-order valence-electron chi connectivity index (χ4n) is 2.25. The van der Waals surface area contributed by atoms with Crippen LogP contribution in [0.4, 0.5) is 5.69 Å². The molecule has 21 heavy (non-hydrogen) atoms. The Kier molecular flexibility index (Phi) is 4.98. The quantitative estimate of drug-likeness (QED) is 0.655. The molecule has 0 aliphatic heterocycles. The minimum atomic E-state index is -0.371. The normalized spacial score (nSPS) is 12.1. The van der Waals surface area contributed by atoms with Gasteiger partial charge in [-0.3, -0.25) is 4.68 Å². The highest BCUT2D eigenvalue weighted by Crippen LogP contribution is 2.23. The fraction of sp³-hybridized carbons (Fsp3) is 0.375. The molecule has 1 aromatic heterocycles. The third-order valence-corrected chi connectivity index (χ3v) is 3.26. The van der Waals surface area contributed by atoms with E-state index in [9.17, 15) is 4.79 Å². The van der Waals surface area contributed by atoms with E-state index in [0.29, 0.717) is 18.7 Å². The molecule has 1 heterocycles. The molecule has 2 aromatic rings. The summed E-state index contributed by atoms with van der Waals surface area (Å²) in [6.07, 6.45) is 5.20. The largest absolute Gasteiger partial charge is 0.464 e. The van der Waals surface area contributed by atoms with Crippen LogP contribution in [0.5, 0.6) is 0 Å². The van der Waals surface area contributed by atoms with Gasteiger partial charge in [0, 0.05) is 17.4 Å². The predicted octanol–water partition coefficient (Wildman–Crippen LogP) is 3.04. The second kappa shape index (κ2) is 6.92. The third-order valence-electron chi connectivity index (χ3n) is 3.26. The Bertz CT molecular complexity index is 607. The summed E-state index contributed by atoms with van der Waals surface area (Å²) in [5, 5.41) is 4.32. The molecule has 1 unspecified atom stereocenters. The molecule has 0 fully saturated rings. The summed E-state index contributed by atoms with van der Waals surface area (Å²) >= 11 is 0. The monoisotopic (exact) mass is 287 g/mol. The van der Waals surface area contributed by atoms with Crippen LogP contribution in [0.3, 0.4) is 0 Å². The number of rotatable bonds is 6. The van der Waals surface area contributed by atoms with E-state index in [2.05, 4.69) is 5.10 Å². The van der Waals surface area contributed by atoms with Gasteiger partial charge in [0.1, 0.15) is 6.04 Å². The lowest BCUT2D eigenvalue weighted by Gasteiger charge is -2.15. The highest BCUT2D eigenvalue weighted by Gasteiger charge is 2.21. The van der Waals surface area contributed by atoms with Gasteiger partial charge < -0.3 is 10.5 Å². The van der Waals surface area contributed by atoms with E-state index in [1.54, 1.807) is 10.9 Å². The number of esters is 1. The molecule has 0 amide bonds. The summed E-state index contributed by atoms with van der Waals surface area (Å²) in [5.74, 6) is -0.235. The number of nitrogen functional groups attached to an aromatic ring is 1. The SMILES string of the molecule is CCCC(C(=O)OCC)n1cc(-c2cccc(N)c2)cn1. The summed E-state index contributed by atoms with van der Waals surface area (Å²) in [6.45, 7) is 4.22. The van der Waals surface area contributed by atoms with E-state index in [0.717, 1.165) is 17.5 Å². The summed E-state index contributed by atoms with van der Waals surface area (Å²) in [4.78, 5) is 12.0. The van der Waals surface area contributed by atoms with Crippen LogP contribution in [-0.4, -0.2) is 22.4 Å². The van der Waals surface area contributed by atoms with Crippen LogP contribution < -0.4 is 5.73 Å². The molecular formula is C16H21N3O2. The maximum absolute atomic E-state index is 12.0. The number of benzene rings is 1. The molecule has 5 nitrogen and oxygen atoms in total. The van der Waals surface area contributed by atoms with Crippen molar-refractivity contribution in [3.63, 3.8) is 0 Å². The third kappa shape index (κ3) is 3.62. The van der Waals surface area contributed by atoms with Crippen LogP contribution in [0.15, 0.2) is 36.7 Å². The molecule has 0 spiro atoms. The van der Waals surface area contributed by atoms with Crippen molar-refractivity contribution in [1.29, 1.82) is 0 Å². The molecule has 1 atom stereocenters. The number of carbonyl (C=O) groups excluding carboxylic acids is 1. The van der Waals surface area contributed by atoms with Gasteiger partial charge in [-0.1, -0.05) is 25.5 Å². The van der Waals surface area contributed by atoms with Crippen molar-refractivity contribution in [2.75, 3.05) is 12.3 Å². The van der Waals surface area contributed by atoms with Gasteiger partial charge in [-0.25, -0.2) is 4.79 Å². The van der Waals surface area contributed by atoms with Gasteiger partial charge in [0.2, 0.25) is 0 Å². The number of hydrogen-bond acceptors (Lipinski definition) is 4. The van der Waals surface area contributed by atoms with Crippen LogP contribution in [0.25, 0.3) is 11.1 Å². The molecule has 2 rings (SSSR count). The molecule has 0 aliphatic rings. The average molecular weight is 287 g/mol. The lowest BCUT2D eigenvalue weighted by Crippen LogP contribution is -2.22. The van der Waals surface area contributed by atoms with Gasteiger partial charge in [-0.2, -0.15) is 5.10 Å². The predicted molar refractivity (Wildman–Crippen MR) is 82.7 cm³/mol. The summed E-state index contributed by atoms with van der Waals surface area (Å²) in [7, 11) is 0. The summed E-state index contributed by atoms with van der Waals surface area (Å²) in [5.41, 5.74) is 8.43. The minimum absolute atomic E-state index is 0.235. The Balaban J connectivity index is 2.26. The van der Waals surface area contributed by atoms with Gasteiger partial charge in [0.25, 0.3) is 0 Å². The van der Waals surface area contributed by atoms with E-state index in [1.165, 1.54) is 0 Å². The topological polar surface area (TPSA) is 70.1 Å². The zero-order valence-electron chi connectivity index (χ0n) is 12.5. The van der Waals surface area contributed by atoms with E-state index in [1.807, 2.05) is 44.3 Å². The smallest absolute Gasteiger partial charge is 0.330 e. The number of hydrogen-bond donors (Lipinski definition) is 1. The van der Waals surface area contributed by atoms with E-state index in [-0.39, 0.29) is 12.0 Å². The average Bonchev–Trinajstić information content (AvgIpc) is 2.94. The number of aromatic nitrogens is 2. The van der Waals surface area contributed by atoms with Crippen LogP contribution in [0, 0.1) is 0 Å². The van der Waals surface area contributed by atoms with Gasteiger partial charge in [-0.15, -0.1) is 0 Å². The fourth-order valence-corrected chi connectivity index (χ4v) is 2.25. The van der Waals surface area contributed by atoms with Crippen LogP contribution in [0.1, 0.15) is 32.7 Å². The van der Waals surface area contributed by atoms with E-state index < -0.39 is 0 Å². The highest BCUT2D eigenvalue weighted by molar-refractivity contribution is 5.74. The Morgan fingerprint density at radius 1 is 1.38 bits per heavy atom. The lowest BCUT2D eigenvalue weighted by atomic mass is 10.1. The zero-order chi connectivity index (χ0) is 15.2. The van der Waals surface area contributed by atoms with Gasteiger partial charge in [0.15, 0.2) is 0 Å². The van der Waals surface area contributed by atoms with Gasteiger partial charge in [0.05, 0.1) is 12.8 Å². The molecule has 0 saturated heterocycles. The molecular weight excluding hydrogens is 266 g/mol. The van der Waals surface area contributed by atoms with Gasteiger partial charge >= 0.3 is 5.97 Å². The number of nitrogens with two attached hydrogens (primary N) is 1. The first-order valence-corrected chi connectivity index (χ1v) is 7.22. The van der Waals surface area contributed by atoms with Crippen molar-refractivity contribution < 1.29 is 9.53 Å². The maximum Gasteiger partial charge on any atom is 0.330 e. The first-order chi connectivity index (χ1) is 10.2. The van der Waals surface area contributed by atoms with Crippen molar-refractivity contribution in [1.82, 2.24) is 9.78 Å².